The van der Waals surface area contributed by atoms with Gasteiger partial charge in [0.05, 0.1) is 5.60 Å². The highest BCUT2D eigenvalue weighted by atomic mass is 16.5. The van der Waals surface area contributed by atoms with Crippen molar-refractivity contribution in [3.63, 3.8) is 0 Å². The molecule has 1 aliphatic heterocycles. The number of hydrogen-bond acceptors (Lipinski definition) is 3. The molecule has 1 spiro atoms. The summed E-state index contributed by atoms with van der Waals surface area (Å²) in [6.07, 6.45) is 4.27. The lowest BCUT2D eigenvalue weighted by Gasteiger charge is -2.24. The van der Waals surface area contributed by atoms with Crippen molar-refractivity contribution in [2.75, 3.05) is 26.7 Å². The van der Waals surface area contributed by atoms with Crippen molar-refractivity contribution in [1.82, 2.24) is 10.6 Å². The molecule has 2 rings (SSSR count). The summed E-state index contributed by atoms with van der Waals surface area (Å²) in [4.78, 5) is 12.1. The minimum atomic E-state index is -0.150. The third kappa shape index (κ3) is 3.04. The van der Waals surface area contributed by atoms with Gasteiger partial charge in [0, 0.05) is 19.6 Å². The predicted molar refractivity (Wildman–Crippen MR) is 71.4 cm³/mol. The summed E-state index contributed by atoms with van der Waals surface area (Å²) in [5.41, 5.74) is 0.190. The van der Waals surface area contributed by atoms with Crippen LogP contribution in [0.2, 0.25) is 0 Å². The Morgan fingerprint density at radius 3 is 2.72 bits per heavy atom. The van der Waals surface area contributed by atoms with E-state index in [9.17, 15) is 4.79 Å². The highest BCUT2D eigenvalue weighted by molar-refractivity contribution is 5.82. The van der Waals surface area contributed by atoms with Gasteiger partial charge in [-0.1, -0.05) is 0 Å². The van der Waals surface area contributed by atoms with Gasteiger partial charge in [0.1, 0.15) is 0 Å². The number of hydrogen-bond donors (Lipinski definition) is 2. The third-order valence-corrected chi connectivity index (χ3v) is 4.68. The van der Waals surface area contributed by atoms with Gasteiger partial charge in [-0.25, -0.2) is 0 Å². The van der Waals surface area contributed by atoms with Gasteiger partial charge >= 0.3 is 0 Å². The Morgan fingerprint density at radius 2 is 2.11 bits per heavy atom. The fourth-order valence-electron chi connectivity index (χ4n) is 2.91. The number of ether oxygens (including phenoxy) is 1. The lowest BCUT2D eigenvalue weighted by Crippen LogP contribution is -2.36. The van der Waals surface area contributed by atoms with Crippen LogP contribution < -0.4 is 10.6 Å². The van der Waals surface area contributed by atoms with Gasteiger partial charge in [-0.2, -0.15) is 0 Å². The quantitative estimate of drug-likeness (QED) is 0.777. The summed E-state index contributed by atoms with van der Waals surface area (Å²) < 4.78 is 5.35. The zero-order chi connectivity index (χ0) is 13.2. The standard InChI is InChI=1S/C14H26N2O2/c1-13(2,18-3)4-9-16-12(17)11-10-14(11)5-7-15-8-6-14/h11,15H,4-10H2,1-3H3,(H,16,17)/t11-/m1/s1. The van der Waals surface area contributed by atoms with Crippen molar-refractivity contribution in [2.45, 2.75) is 45.1 Å². The molecule has 1 aliphatic carbocycles. The summed E-state index contributed by atoms with van der Waals surface area (Å²) in [6.45, 7) is 6.95. The van der Waals surface area contributed by atoms with Crippen LogP contribution in [0.15, 0.2) is 0 Å². The zero-order valence-corrected chi connectivity index (χ0v) is 11.8. The molecule has 0 bridgehead atoms. The van der Waals surface area contributed by atoms with Gasteiger partial charge < -0.3 is 15.4 Å². The van der Waals surface area contributed by atoms with Crippen LogP contribution in [0.4, 0.5) is 0 Å². The lowest BCUT2D eigenvalue weighted by atomic mass is 9.92. The van der Waals surface area contributed by atoms with Crippen LogP contribution in [0.3, 0.4) is 0 Å². The highest BCUT2D eigenvalue weighted by Gasteiger charge is 2.57. The summed E-state index contributed by atoms with van der Waals surface area (Å²) in [7, 11) is 1.72. The van der Waals surface area contributed by atoms with E-state index in [-0.39, 0.29) is 17.4 Å². The number of amides is 1. The SMILES string of the molecule is COC(C)(C)CCNC(=O)[C@H]1CC12CCNCC2. The largest absolute Gasteiger partial charge is 0.379 e. The Labute approximate surface area is 110 Å². The van der Waals surface area contributed by atoms with Crippen molar-refractivity contribution in [2.24, 2.45) is 11.3 Å². The maximum atomic E-state index is 12.1. The third-order valence-electron chi connectivity index (χ3n) is 4.68. The van der Waals surface area contributed by atoms with E-state index in [0.717, 1.165) is 38.8 Å². The summed E-state index contributed by atoms with van der Waals surface area (Å²) in [6, 6.07) is 0. The number of carbonyl (C=O) groups excluding carboxylic acids is 1. The van der Waals surface area contributed by atoms with E-state index in [2.05, 4.69) is 10.6 Å². The fraction of sp³-hybridized carbons (Fsp3) is 0.929. The molecule has 0 aromatic heterocycles. The molecular formula is C14H26N2O2. The number of carbonyl (C=O) groups is 1. The molecular weight excluding hydrogens is 228 g/mol. The Hall–Kier alpha value is -0.610. The summed E-state index contributed by atoms with van der Waals surface area (Å²) in [5, 5.41) is 6.43. The zero-order valence-electron chi connectivity index (χ0n) is 11.8. The van der Waals surface area contributed by atoms with Crippen LogP contribution >= 0.6 is 0 Å². The minimum Gasteiger partial charge on any atom is -0.379 e. The molecule has 1 atom stereocenters. The van der Waals surface area contributed by atoms with Gasteiger partial charge in [0.25, 0.3) is 0 Å². The van der Waals surface area contributed by atoms with Crippen LogP contribution in [-0.2, 0) is 9.53 Å². The van der Waals surface area contributed by atoms with Crippen LogP contribution in [-0.4, -0.2) is 38.3 Å². The molecule has 0 aromatic carbocycles. The molecule has 4 nitrogen and oxygen atoms in total. The minimum absolute atomic E-state index is 0.150. The number of piperidine rings is 1. The average Bonchev–Trinajstić information content (AvgIpc) is 3.03. The number of methoxy groups -OCH3 is 1. The van der Waals surface area contributed by atoms with Gasteiger partial charge in [-0.05, 0) is 58.0 Å². The molecule has 1 saturated heterocycles. The molecule has 2 fully saturated rings. The van der Waals surface area contributed by atoms with Crippen LogP contribution in [0.25, 0.3) is 0 Å². The van der Waals surface area contributed by atoms with Crippen LogP contribution in [0.1, 0.15) is 39.5 Å². The first-order valence-electron chi connectivity index (χ1n) is 7.03. The number of nitrogens with one attached hydrogen (secondary N) is 2. The predicted octanol–water partition coefficient (Wildman–Crippen LogP) is 1.31. The van der Waals surface area contributed by atoms with Crippen LogP contribution in [0.5, 0.6) is 0 Å². The molecule has 0 aromatic rings. The Balaban J connectivity index is 1.70. The lowest BCUT2D eigenvalue weighted by molar-refractivity contribution is -0.123. The Kier molecular flexibility index (Phi) is 3.97. The molecule has 2 N–H and O–H groups in total. The molecule has 1 heterocycles. The molecule has 2 aliphatic rings. The highest BCUT2D eigenvalue weighted by Crippen LogP contribution is 2.58. The van der Waals surface area contributed by atoms with E-state index in [1.165, 1.54) is 0 Å². The average molecular weight is 254 g/mol. The van der Waals surface area contributed by atoms with E-state index in [4.69, 9.17) is 4.74 Å². The summed E-state index contributed by atoms with van der Waals surface area (Å²) in [5.74, 6) is 0.522. The van der Waals surface area contributed by atoms with E-state index in [1.807, 2.05) is 13.8 Å². The molecule has 1 amide bonds. The Morgan fingerprint density at radius 1 is 1.44 bits per heavy atom. The molecule has 4 heteroatoms. The van der Waals surface area contributed by atoms with E-state index < -0.39 is 0 Å². The summed E-state index contributed by atoms with van der Waals surface area (Å²) >= 11 is 0. The van der Waals surface area contributed by atoms with Gasteiger partial charge in [0.2, 0.25) is 5.91 Å². The van der Waals surface area contributed by atoms with E-state index in [1.54, 1.807) is 7.11 Å². The normalized spacial score (nSPS) is 26.1. The maximum absolute atomic E-state index is 12.1. The second kappa shape index (κ2) is 5.17. The molecule has 0 unspecified atom stereocenters. The van der Waals surface area contributed by atoms with Crippen molar-refractivity contribution >= 4 is 5.91 Å². The van der Waals surface area contributed by atoms with E-state index in [0.29, 0.717) is 12.0 Å². The fourth-order valence-corrected chi connectivity index (χ4v) is 2.91. The topological polar surface area (TPSA) is 50.4 Å². The van der Waals surface area contributed by atoms with Gasteiger partial charge in [-0.3, -0.25) is 4.79 Å². The van der Waals surface area contributed by atoms with Crippen LogP contribution in [0, 0.1) is 11.3 Å². The van der Waals surface area contributed by atoms with Crippen molar-refractivity contribution < 1.29 is 9.53 Å². The second-order valence-electron chi connectivity index (χ2n) is 6.37. The van der Waals surface area contributed by atoms with Crippen molar-refractivity contribution in [3.8, 4) is 0 Å². The molecule has 1 saturated carbocycles. The smallest absolute Gasteiger partial charge is 0.223 e. The van der Waals surface area contributed by atoms with Crippen molar-refractivity contribution in [3.05, 3.63) is 0 Å². The first kappa shape index (κ1) is 13.8. The number of rotatable bonds is 5. The van der Waals surface area contributed by atoms with Gasteiger partial charge in [-0.15, -0.1) is 0 Å². The van der Waals surface area contributed by atoms with Gasteiger partial charge in [0.15, 0.2) is 0 Å². The van der Waals surface area contributed by atoms with Crippen molar-refractivity contribution in [1.29, 1.82) is 0 Å². The molecule has 18 heavy (non-hydrogen) atoms. The maximum Gasteiger partial charge on any atom is 0.223 e. The molecule has 104 valence electrons. The monoisotopic (exact) mass is 254 g/mol. The van der Waals surface area contributed by atoms with E-state index >= 15 is 0 Å². The first-order valence-corrected chi connectivity index (χ1v) is 7.03. The second-order valence-corrected chi connectivity index (χ2v) is 6.37. The Bertz CT molecular complexity index is 309. The first-order chi connectivity index (χ1) is 8.49. The molecule has 0 radical (unpaired) electrons.